The molecule has 0 fully saturated rings. The van der Waals surface area contributed by atoms with Crippen molar-refractivity contribution < 1.29 is 9.52 Å². The van der Waals surface area contributed by atoms with E-state index in [1.54, 1.807) is 11.8 Å². The largest absolute Gasteiger partial charge is 0.464 e. The molecule has 98 valence electrons. The lowest BCUT2D eigenvalue weighted by atomic mass is 10.1. The van der Waals surface area contributed by atoms with Crippen molar-refractivity contribution in [3.63, 3.8) is 0 Å². The Morgan fingerprint density at radius 1 is 1.35 bits per heavy atom. The predicted octanol–water partition coefficient (Wildman–Crippen LogP) is 2.64. The maximum atomic E-state index is 9.69. The van der Waals surface area contributed by atoms with E-state index in [-0.39, 0.29) is 6.10 Å². The highest BCUT2D eigenvalue weighted by Gasteiger charge is 2.07. The van der Waals surface area contributed by atoms with Gasteiger partial charge in [-0.3, -0.25) is 0 Å². The first-order chi connectivity index (χ1) is 8.11. The summed E-state index contributed by atoms with van der Waals surface area (Å²) < 4.78 is 5.62. The number of rotatable bonds is 8. The van der Waals surface area contributed by atoms with Crippen LogP contribution in [0.2, 0.25) is 0 Å². The van der Waals surface area contributed by atoms with Crippen molar-refractivity contribution in [2.75, 3.05) is 12.8 Å². The Hall–Kier alpha value is -0.450. The van der Waals surface area contributed by atoms with Crippen LogP contribution in [0, 0.1) is 5.92 Å². The Balaban J connectivity index is 2.21. The number of hydrogen-bond donors (Lipinski definition) is 2. The third kappa shape index (κ3) is 6.15. The van der Waals surface area contributed by atoms with Crippen LogP contribution in [0.4, 0.5) is 0 Å². The lowest BCUT2D eigenvalue weighted by molar-refractivity contribution is 0.145. The molecule has 1 rings (SSSR count). The van der Waals surface area contributed by atoms with Crippen LogP contribution in [0.1, 0.15) is 31.8 Å². The van der Waals surface area contributed by atoms with Crippen molar-refractivity contribution in [3.05, 3.63) is 23.7 Å². The molecule has 0 aliphatic rings. The third-order valence-corrected chi connectivity index (χ3v) is 3.00. The minimum atomic E-state index is -0.268. The molecule has 2 N–H and O–H groups in total. The first kappa shape index (κ1) is 14.6. The zero-order valence-corrected chi connectivity index (χ0v) is 11.7. The highest BCUT2D eigenvalue weighted by molar-refractivity contribution is 7.97. The quantitative estimate of drug-likeness (QED) is 0.751. The van der Waals surface area contributed by atoms with E-state index in [1.807, 2.05) is 12.1 Å². The van der Waals surface area contributed by atoms with E-state index in [0.717, 1.165) is 23.7 Å². The van der Waals surface area contributed by atoms with Crippen LogP contribution in [-0.4, -0.2) is 24.0 Å². The van der Waals surface area contributed by atoms with E-state index >= 15 is 0 Å². The first-order valence-corrected chi connectivity index (χ1v) is 7.46. The van der Waals surface area contributed by atoms with Crippen LogP contribution in [0.3, 0.4) is 0 Å². The molecule has 0 aliphatic heterocycles. The van der Waals surface area contributed by atoms with E-state index in [4.69, 9.17) is 4.42 Å². The van der Waals surface area contributed by atoms with Gasteiger partial charge < -0.3 is 14.8 Å². The van der Waals surface area contributed by atoms with E-state index in [2.05, 4.69) is 25.4 Å². The molecule has 0 saturated heterocycles. The number of aliphatic hydroxyl groups is 1. The molecule has 0 amide bonds. The molecule has 0 spiro atoms. The van der Waals surface area contributed by atoms with Gasteiger partial charge in [0.15, 0.2) is 0 Å². The fourth-order valence-corrected chi connectivity index (χ4v) is 2.17. The smallest absolute Gasteiger partial charge is 0.118 e. The highest BCUT2D eigenvalue weighted by atomic mass is 32.2. The summed E-state index contributed by atoms with van der Waals surface area (Å²) in [7, 11) is 0. The second-order valence-corrected chi connectivity index (χ2v) is 5.58. The van der Waals surface area contributed by atoms with Gasteiger partial charge in [0.25, 0.3) is 0 Å². The second-order valence-electron chi connectivity index (χ2n) is 4.72. The summed E-state index contributed by atoms with van der Waals surface area (Å²) in [6.07, 6.45) is 2.63. The number of aliphatic hydroxyl groups excluding tert-OH is 1. The molecule has 0 bridgehead atoms. The maximum absolute atomic E-state index is 9.69. The van der Waals surface area contributed by atoms with Crippen molar-refractivity contribution in [1.29, 1.82) is 0 Å². The van der Waals surface area contributed by atoms with Gasteiger partial charge in [-0.15, -0.1) is 0 Å². The Bertz CT molecular complexity index is 312. The molecule has 1 heterocycles. The predicted molar refractivity (Wildman–Crippen MR) is 73.1 cm³/mol. The lowest BCUT2D eigenvalue weighted by Crippen LogP contribution is -2.27. The van der Waals surface area contributed by atoms with Gasteiger partial charge in [0.1, 0.15) is 11.5 Å². The van der Waals surface area contributed by atoms with E-state index < -0.39 is 0 Å². The monoisotopic (exact) mass is 257 g/mol. The molecule has 3 nitrogen and oxygen atoms in total. The summed E-state index contributed by atoms with van der Waals surface area (Å²) in [6, 6.07) is 4.01. The van der Waals surface area contributed by atoms with Crippen LogP contribution in [0.15, 0.2) is 16.5 Å². The van der Waals surface area contributed by atoms with E-state index in [9.17, 15) is 5.11 Å². The highest BCUT2D eigenvalue weighted by Crippen LogP contribution is 2.13. The van der Waals surface area contributed by atoms with Crippen LogP contribution in [-0.2, 0) is 12.3 Å². The molecule has 0 aliphatic carbocycles. The van der Waals surface area contributed by atoms with Gasteiger partial charge in [-0.25, -0.2) is 0 Å². The molecule has 1 aromatic heterocycles. The summed E-state index contributed by atoms with van der Waals surface area (Å²) in [5.74, 6) is 3.39. The third-order valence-electron chi connectivity index (χ3n) is 2.43. The Morgan fingerprint density at radius 2 is 2.06 bits per heavy atom. The van der Waals surface area contributed by atoms with Crippen LogP contribution in [0.25, 0.3) is 0 Å². The van der Waals surface area contributed by atoms with E-state index in [0.29, 0.717) is 19.0 Å². The number of furan rings is 1. The van der Waals surface area contributed by atoms with Crippen LogP contribution in [0.5, 0.6) is 0 Å². The summed E-state index contributed by atoms with van der Waals surface area (Å²) in [5, 5.41) is 12.9. The summed E-state index contributed by atoms with van der Waals surface area (Å²) in [4.78, 5) is 0. The van der Waals surface area contributed by atoms with Gasteiger partial charge in [0, 0.05) is 6.54 Å². The van der Waals surface area contributed by atoms with Crippen molar-refractivity contribution in [3.8, 4) is 0 Å². The molecular formula is C13H23NO2S. The Kier molecular flexibility index (Phi) is 6.70. The average molecular weight is 257 g/mol. The molecule has 17 heavy (non-hydrogen) atoms. The SMILES string of the molecule is CSCc1ccc(CNCC(O)CC(C)C)o1. The minimum absolute atomic E-state index is 0.268. The molecule has 1 aromatic rings. The fourth-order valence-electron chi connectivity index (χ4n) is 1.73. The second kappa shape index (κ2) is 7.80. The topological polar surface area (TPSA) is 45.4 Å². The number of thioether (sulfide) groups is 1. The number of nitrogens with one attached hydrogen (secondary N) is 1. The van der Waals surface area contributed by atoms with Crippen molar-refractivity contribution in [2.24, 2.45) is 5.92 Å². The van der Waals surface area contributed by atoms with Crippen LogP contribution >= 0.6 is 11.8 Å². The van der Waals surface area contributed by atoms with Gasteiger partial charge in [-0.05, 0) is 30.7 Å². The molecule has 0 saturated carbocycles. The van der Waals surface area contributed by atoms with Crippen molar-refractivity contribution >= 4 is 11.8 Å². The molecule has 4 heteroatoms. The van der Waals surface area contributed by atoms with Gasteiger partial charge >= 0.3 is 0 Å². The Morgan fingerprint density at radius 3 is 2.71 bits per heavy atom. The van der Waals surface area contributed by atoms with E-state index in [1.165, 1.54) is 0 Å². The fraction of sp³-hybridized carbons (Fsp3) is 0.692. The molecule has 1 unspecified atom stereocenters. The molecular weight excluding hydrogens is 234 g/mol. The van der Waals surface area contributed by atoms with Gasteiger partial charge in [-0.1, -0.05) is 13.8 Å². The molecule has 0 aromatic carbocycles. The van der Waals surface area contributed by atoms with Gasteiger partial charge in [-0.2, -0.15) is 11.8 Å². The first-order valence-electron chi connectivity index (χ1n) is 6.07. The van der Waals surface area contributed by atoms with Gasteiger partial charge in [0.2, 0.25) is 0 Å². The Labute approximate surface area is 108 Å². The summed E-state index contributed by atoms with van der Waals surface area (Å²) >= 11 is 1.75. The minimum Gasteiger partial charge on any atom is -0.464 e. The normalized spacial score (nSPS) is 13.2. The van der Waals surface area contributed by atoms with Gasteiger partial charge in [0.05, 0.1) is 18.4 Å². The standard InChI is InChI=1S/C13H23NO2S/c1-10(2)6-11(15)7-14-8-12-4-5-13(16-12)9-17-3/h4-5,10-11,14-15H,6-9H2,1-3H3. The maximum Gasteiger partial charge on any atom is 0.118 e. The molecule has 0 radical (unpaired) electrons. The average Bonchev–Trinajstić information content (AvgIpc) is 2.65. The molecule has 1 atom stereocenters. The lowest BCUT2D eigenvalue weighted by Gasteiger charge is -2.13. The van der Waals surface area contributed by atoms with Crippen LogP contribution < -0.4 is 5.32 Å². The van der Waals surface area contributed by atoms with Crippen molar-refractivity contribution in [2.45, 2.75) is 38.7 Å². The summed E-state index contributed by atoms with van der Waals surface area (Å²) in [5.41, 5.74) is 0. The zero-order chi connectivity index (χ0) is 12.7. The number of hydrogen-bond acceptors (Lipinski definition) is 4. The zero-order valence-electron chi connectivity index (χ0n) is 10.9. The summed E-state index contributed by atoms with van der Waals surface area (Å²) in [6.45, 7) is 5.54. The van der Waals surface area contributed by atoms with Crippen molar-refractivity contribution in [1.82, 2.24) is 5.32 Å².